The number of rotatable bonds is 4. The van der Waals surface area contributed by atoms with Crippen molar-refractivity contribution >= 4 is 11.9 Å². The fourth-order valence-corrected chi connectivity index (χ4v) is 2.99. The van der Waals surface area contributed by atoms with Crippen molar-refractivity contribution in [2.45, 2.75) is 19.3 Å². The van der Waals surface area contributed by atoms with E-state index in [1.807, 2.05) is 35.2 Å². The maximum Gasteiger partial charge on any atom is 0.316 e. The number of hydrogen-bond acceptors (Lipinski definition) is 5. The lowest BCUT2D eigenvalue weighted by Crippen LogP contribution is -2.34. The van der Waals surface area contributed by atoms with Crippen LogP contribution in [-0.4, -0.2) is 40.6 Å². The van der Waals surface area contributed by atoms with Crippen LogP contribution in [0.25, 0.3) is 11.5 Å². The monoisotopic (exact) mass is 298 g/mol. The summed E-state index contributed by atoms with van der Waals surface area (Å²) in [6.07, 6.45) is 3.69. The predicted octanol–water partition coefficient (Wildman–Crippen LogP) is 2.16. The van der Waals surface area contributed by atoms with E-state index in [1.54, 1.807) is 0 Å². The summed E-state index contributed by atoms with van der Waals surface area (Å²) in [7, 11) is 0. The zero-order valence-corrected chi connectivity index (χ0v) is 12.3. The summed E-state index contributed by atoms with van der Waals surface area (Å²) in [6, 6.07) is 9.85. The zero-order valence-electron chi connectivity index (χ0n) is 12.3. The Bertz CT molecular complexity index is 678. The van der Waals surface area contributed by atoms with Crippen LogP contribution in [0.2, 0.25) is 0 Å². The molecule has 2 heterocycles. The fraction of sp³-hybridized carbons (Fsp3) is 0.438. The molecule has 1 saturated carbocycles. The first-order valence-corrected chi connectivity index (χ1v) is 7.65. The van der Waals surface area contributed by atoms with Crippen molar-refractivity contribution in [3.8, 4) is 11.5 Å². The molecule has 1 N–H and O–H groups in total. The van der Waals surface area contributed by atoms with E-state index >= 15 is 0 Å². The van der Waals surface area contributed by atoms with Gasteiger partial charge in [-0.2, -0.15) is 0 Å². The average Bonchev–Trinajstić information content (AvgIpc) is 2.98. The molecule has 1 aromatic heterocycles. The van der Waals surface area contributed by atoms with E-state index in [0.29, 0.717) is 11.3 Å². The topological polar surface area (TPSA) is 71.3 Å². The molecule has 2 aromatic rings. The van der Waals surface area contributed by atoms with Gasteiger partial charge >= 0.3 is 6.01 Å². The Morgan fingerprint density at radius 2 is 2.05 bits per heavy atom. The number of carbonyl (C=O) groups is 1. The van der Waals surface area contributed by atoms with E-state index in [0.717, 1.165) is 25.1 Å². The molecule has 0 unspecified atom stereocenters. The van der Waals surface area contributed by atoms with Crippen molar-refractivity contribution in [2.24, 2.45) is 5.41 Å². The summed E-state index contributed by atoms with van der Waals surface area (Å²) < 4.78 is 5.53. The maximum absolute atomic E-state index is 12.2. The normalized spacial score (nSPS) is 18.6. The molecule has 114 valence electrons. The second kappa shape index (κ2) is 5.12. The Morgan fingerprint density at radius 3 is 2.77 bits per heavy atom. The summed E-state index contributed by atoms with van der Waals surface area (Å²) in [5, 5.41) is 10.9. The molecule has 22 heavy (non-hydrogen) atoms. The van der Waals surface area contributed by atoms with E-state index < -0.39 is 0 Å². The van der Waals surface area contributed by atoms with Crippen molar-refractivity contribution in [1.82, 2.24) is 15.1 Å². The van der Waals surface area contributed by atoms with Gasteiger partial charge in [0.1, 0.15) is 0 Å². The minimum atomic E-state index is 0.100. The summed E-state index contributed by atoms with van der Waals surface area (Å²) in [5.74, 6) is 0.553. The summed E-state index contributed by atoms with van der Waals surface area (Å²) in [5.41, 5.74) is 1.32. The lowest BCUT2D eigenvalue weighted by Gasteiger charge is -2.15. The van der Waals surface area contributed by atoms with Gasteiger partial charge in [0.2, 0.25) is 11.8 Å². The second-order valence-electron chi connectivity index (χ2n) is 6.20. The zero-order chi connectivity index (χ0) is 15.0. The number of hydrogen-bond donors (Lipinski definition) is 1. The number of aromatic nitrogens is 2. The molecule has 4 rings (SSSR count). The first-order chi connectivity index (χ1) is 10.7. The van der Waals surface area contributed by atoms with Crippen LogP contribution >= 0.6 is 0 Å². The minimum absolute atomic E-state index is 0.100. The van der Waals surface area contributed by atoms with Gasteiger partial charge in [-0.15, -0.1) is 5.10 Å². The molecule has 1 aliphatic carbocycles. The number of carbonyl (C=O) groups excluding carboxylic acids is 1. The van der Waals surface area contributed by atoms with Crippen LogP contribution in [0.4, 0.5) is 6.01 Å². The van der Waals surface area contributed by atoms with Crippen LogP contribution < -0.4 is 5.32 Å². The third-order valence-corrected chi connectivity index (χ3v) is 4.58. The molecular weight excluding hydrogens is 280 g/mol. The second-order valence-corrected chi connectivity index (χ2v) is 6.20. The molecule has 0 radical (unpaired) electrons. The Labute approximate surface area is 128 Å². The molecule has 2 aliphatic rings. The quantitative estimate of drug-likeness (QED) is 0.936. The molecule has 0 atom stereocenters. The third kappa shape index (κ3) is 2.56. The number of nitrogens with zero attached hydrogens (tertiary/aromatic N) is 3. The van der Waals surface area contributed by atoms with Gasteiger partial charge in [-0.3, -0.25) is 4.79 Å². The van der Waals surface area contributed by atoms with Gasteiger partial charge in [-0.25, -0.2) is 0 Å². The number of anilines is 1. The highest BCUT2D eigenvalue weighted by Crippen LogP contribution is 2.52. The largest absolute Gasteiger partial charge is 0.403 e. The summed E-state index contributed by atoms with van der Waals surface area (Å²) in [6.45, 7) is 1.98. The number of nitrogens with one attached hydrogen (secondary N) is 1. The van der Waals surface area contributed by atoms with E-state index in [9.17, 15) is 4.79 Å². The molecule has 6 heteroatoms. The van der Waals surface area contributed by atoms with Crippen LogP contribution in [0.15, 0.2) is 34.7 Å². The van der Waals surface area contributed by atoms with Crippen LogP contribution in [0.5, 0.6) is 0 Å². The SMILES string of the molecule is O=C(CNc1nnc(-c2ccccc2)o1)N1CCC2(CC2)C1. The molecule has 1 amide bonds. The highest BCUT2D eigenvalue weighted by atomic mass is 16.4. The van der Waals surface area contributed by atoms with Crippen molar-refractivity contribution in [1.29, 1.82) is 0 Å². The van der Waals surface area contributed by atoms with Crippen LogP contribution in [0, 0.1) is 5.41 Å². The molecule has 2 fully saturated rings. The molecular formula is C16H18N4O2. The lowest BCUT2D eigenvalue weighted by atomic mass is 10.1. The fourth-order valence-electron chi connectivity index (χ4n) is 2.99. The van der Waals surface area contributed by atoms with Crippen LogP contribution in [0.3, 0.4) is 0 Å². The molecule has 1 spiro atoms. The van der Waals surface area contributed by atoms with E-state index in [-0.39, 0.29) is 18.5 Å². The molecule has 1 aromatic carbocycles. The first kappa shape index (κ1) is 13.3. The Morgan fingerprint density at radius 1 is 1.23 bits per heavy atom. The van der Waals surface area contributed by atoms with Gasteiger partial charge in [0.25, 0.3) is 0 Å². The van der Waals surface area contributed by atoms with E-state index in [1.165, 1.54) is 12.8 Å². The van der Waals surface area contributed by atoms with Gasteiger partial charge < -0.3 is 14.6 Å². The maximum atomic E-state index is 12.2. The predicted molar refractivity (Wildman–Crippen MR) is 81.1 cm³/mol. The van der Waals surface area contributed by atoms with E-state index in [2.05, 4.69) is 15.5 Å². The minimum Gasteiger partial charge on any atom is -0.403 e. The third-order valence-electron chi connectivity index (χ3n) is 4.58. The number of benzene rings is 1. The standard InChI is InChI=1S/C16H18N4O2/c21-13(20-9-8-16(11-20)6-7-16)10-17-15-19-18-14(22-15)12-4-2-1-3-5-12/h1-5H,6-11H2,(H,17,19). The number of likely N-dealkylation sites (tertiary alicyclic amines) is 1. The highest BCUT2D eigenvalue weighted by Gasteiger charge is 2.48. The van der Waals surface area contributed by atoms with Crippen molar-refractivity contribution in [3.63, 3.8) is 0 Å². The Hall–Kier alpha value is -2.37. The molecule has 1 aliphatic heterocycles. The van der Waals surface area contributed by atoms with Crippen LogP contribution in [-0.2, 0) is 4.79 Å². The summed E-state index contributed by atoms with van der Waals surface area (Å²) in [4.78, 5) is 14.1. The Balaban J connectivity index is 1.34. The summed E-state index contributed by atoms with van der Waals surface area (Å²) >= 11 is 0. The highest BCUT2D eigenvalue weighted by molar-refractivity contribution is 5.80. The lowest BCUT2D eigenvalue weighted by molar-refractivity contribution is -0.128. The van der Waals surface area contributed by atoms with Gasteiger partial charge in [0.15, 0.2) is 0 Å². The number of amides is 1. The van der Waals surface area contributed by atoms with Gasteiger partial charge in [0.05, 0.1) is 6.54 Å². The molecule has 0 bridgehead atoms. The molecule has 6 nitrogen and oxygen atoms in total. The van der Waals surface area contributed by atoms with Gasteiger partial charge in [-0.1, -0.05) is 23.3 Å². The first-order valence-electron chi connectivity index (χ1n) is 7.65. The van der Waals surface area contributed by atoms with Gasteiger partial charge in [0, 0.05) is 18.7 Å². The molecule has 1 saturated heterocycles. The van der Waals surface area contributed by atoms with Crippen molar-refractivity contribution in [3.05, 3.63) is 30.3 Å². The average molecular weight is 298 g/mol. The van der Waals surface area contributed by atoms with E-state index in [4.69, 9.17) is 4.42 Å². The Kier molecular flexibility index (Phi) is 3.10. The van der Waals surface area contributed by atoms with Crippen molar-refractivity contribution < 1.29 is 9.21 Å². The smallest absolute Gasteiger partial charge is 0.316 e. The van der Waals surface area contributed by atoms with Crippen LogP contribution in [0.1, 0.15) is 19.3 Å². The van der Waals surface area contributed by atoms with Crippen molar-refractivity contribution in [2.75, 3.05) is 25.0 Å². The van der Waals surface area contributed by atoms with Gasteiger partial charge in [-0.05, 0) is 36.8 Å².